The van der Waals surface area contributed by atoms with Crippen LogP contribution in [0, 0.1) is 17.5 Å². The number of H-pyrrole nitrogens is 1. The maximum atomic E-state index is 14.6. The van der Waals surface area contributed by atoms with Gasteiger partial charge in [-0.1, -0.05) is 6.07 Å². The summed E-state index contributed by atoms with van der Waals surface area (Å²) in [7, 11) is 0. The normalized spacial score (nSPS) is 15.9. The third kappa shape index (κ3) is 3.68. The number of carboxylic acid groups (broad SMARTS) is 1. The number of carbonyl (C=O) groups is 1. The van der Waals surface area contributed by atoms with Gasteiger partial charge in [0, 0.05) is 11.8 Å². The van der Waals surface area contributed by atoms with E-state index in [0.717, 1.165) is 36.0 Å². The van der Waals surface area contributed by atoms with Crippen LogP contribution in [0.4, 0.5) is 13.2 Å². The van der Waals surface area contributed by atoms with E-state index in [4.69, 9.17) is 4.74 Å². The molecule has 3 aromatic rings. The predicted molar refractivity (Wildman–Crippen MR) is 109 cm³/mol. The zero-order valence-electron chi connectivity index (χ0n) is 16.4. The second-order valence-electron chi connectivity index (χ2n) is 7.02. The molecule has 0 bridgehead atoms. The smallest absolute Gasteiger partial charge is 0.333 e. The number of aliphatic carboxylic acids is 1. The number of hydrogen-bond acceptors (Lipinski definition) is 5. The number of fused-ring (bicyclic) bond motifs is 1. The lowest BCUT2D eigenvalue weighted by Crippen LogP contribution is -2.37. The Morgan fingerprint density at radius 3 is 2.53 bits per heavy atom. The van der Waals surface area contributed by atoms with Crippen LogP contribution in [0.1, 0.15) is 30.1 Å². The summed E-state index contributed by atoms with van der Waals surface area (Å²) in [4.78, 5) is 39.3. The molecule has 2 aromatic carbocycles. The first-order valence-corrected chi connectivity index (χ1v) is 10.3. The average molecular weight is 464 g/mol. The fourth-order valence-corrected chi connectivity index (χ4v) is 4.70. The van der Waals surface area contributed by atoms with E-state index in [9.17, 15) is 32.7 Å². The van der Waals surface area contributed by atoms with Gasteiger partial charge in [0.25, 0.3) is 5.56 Å². The Morgan fingerprint density at radius 2 is 1.88 bits per heavy atom. The summed E-state index contributed by atoms with van der Waals surface area (Å²) in [5.41, 5.74) is -2.90. The van der Waals surface area contributed by atoms with Crippen molar-refractivity contribution in [1.29, 1.82) is 0 Å². The molecule has 2 heterocycles. The van der Waals surface area contributed by atoms with Gasteiger partial charge in [-0.3, -0.25) is 9.59 Å². The average Bonchev–Trinajstić information content (AvgIpc) is 3.14. The van der Waals surface area contributed by atoms with Crippen molar-refractivity contribution < 1.29 is 27.8 Å². The Hall–Kier alpha value is -3.47. The van der Waals surface area contributed by atoms with Crippen LogP contribution in [0.15, 0.2) is 51.0 Å². The molecule has 7 nitrogen and oxygen atoms in total. The van der Waals surface area contributed by atoms with Gasteiger partial charge in [-0.25, -0.2) is 22.5 Å². The number of hydrogen-bond donors (Lipinski definition) is 2. The van der Waals surface area contributed by atoms with Gasteiger partial charge in [-0.05, 0) is 31.2 Å². The van der Waals surface area contributed by atoms with E-state index in [1.165, 1.54) is 19.1 Å². The van der Waals surface area contributed by atoms with Crippen molar-refractivity contribution in [2.45, 2.75) is 24.0 Å². The van der Waals surface area contributed by atoms with Gasteiger partial charge in [0.15, 0.2) is 0 Å². The van der Waals surface area contributed by atoms with Crippen molar-refractivity contribution in [2.24, 2.45) is 0 Å². The standard InChI is InChI=1S/C21H15F3N2O5S/c1-9(16-13(23)3-2-4-14(16)24)31-10-5-6-12(22)15(7-10)26-19(27)17-11(20(28)29)8-32-18(17)25-21(26)30/h2-7,9,11H,8H2,1H3,(H,25,30)(H,28,29). The van der Waals surface area contributed by atoms with E-state index in [2.05, 4.69) is 4.98 Å². The molecular weight excluding hydrogens is 449 g/mol. The molecule has 2 atom stereocenters. The highest BCUT2D eigenvalue weighted by Gasteiger charge is 2.34. The second kappa shape index (κ2) is 8.23. The van der Waals surface area contributed by atoms with Crippen molar-refractivity contribution in [3.63, 3.8) is 0 Å². The third-order valence-corrected chi connectivity index (χ3v) is 6.13. The zero-order chi connectivity index (χ0) is 23.2. The second-order valence-corrected chi connectivity index (χ2v) is 8.05. The Morgan fingerprint density at radius 1 is 1.19 bits per heavy atom. The molecule has 0 fully saturated rings. The molecule has 2 N–H and O–H groups in total. The van der Waals surface area contributed by atoms with Gasteiger partial charge in [-0.15, -0.1) is 11.8 Å². The van der Waals surface area contributed by atoms with Gasteiger partial charge in [0.05, 0.1) is 27.8 Å². The molecule has 11 heteroatoms. The molecule has 0 amide bonds. The van der Waals surface area contributed by atoms with E-state index < -0.39 is 52.4 Å². The molecule has 0 saturated heterocycles. The molecule has 0 radical (unpaired) electrons. The van der Waals surface area contributed by atoms with E-state index in [0.29, 0.717) is 4.57 Å². The van der Waals surface area contributed by atoms with Crippen molar-refractivity contribution in [1.82, 2.24) is 9.55 Å². The lowest BCUT2D eigenvalue weighted by molar-refractivity contribution is -0.138. The predicted octanol–water partition coefficient (Wildman–Crippen LogP) is 3.36. The number of carboxylic acids is 1. The highest BCUT2D eigenvalue weighted by atomic mass is 32.2. The minimum absolute atomic E-state index is 0.0528. The number of thioether (sulfide) groups is 1. The molecule has 32 heavy (non-hydrogen) atoms. The molecule has 2 unspecified atom stereocenters. The largest absolute Gasteiger partial charge is 0.486 e. The van der Waals surface area contributed by atoms with Crippen molar-refractivity contribution in [3.05, 3.63) is 85.8 Å². The molecule has 0 saturated carbocycles. The number of aromatic nitrogens is 2. The van der Waals surface area contributed by atoms with Gasteiger partial charge in [-0.2, -0.15) is 0 Å². The van der Waals surface area contributed by atoms with Gasteiger partial charge in [0.1, 0.15) is 29.3 Å². The van der Waals surface area contributed by atoms with E-state index in [1.807, 2.05) is 0 Å². The van der Waals surface area contributed by atoms with Gasteiger partial charge >= 0.3 is 11.7 Å². The van der Waals surface area contributed by atoms with Crippen molar-refractivity contribution in [2.75, 3.05) is 5.75 Å². The number of ether oxygens (including phenoxy) is 1. The van der Waals surface area contributed by atoms with E-state index in [1.54, 1.807) is 0 Å². The van der Waals surface area contributed by atoms with Crippen LogP contribution < -0.4 is 16.0 Å². The number of nitrogens with zero attached hydrogens (tertiary/aromatic N) is 1. The summed E-state index contributed by atoms with van der Waals surface area (Å²) < 4.78 is 48.7. The summed E-state index contributed by atoms with van der Waals surface area (Å²) in [6, 6.07) is 6.47. The molecule has 0 spiro atoms. The number of nitrogens with one attached hydrogen (secondary N) is 1. The number of aromatic amines is 1. The lowest BCUT2D eigenvalue weighted by atomic mass is 10.1. The van der Waals surface area contributed by atoms with Crippen molar-refractivity contribution >= 4 is 17.7 Å². The fourth-order valence-electron chi connectivity index (χ4n) is 3.51. The van der Waals surface area contributed by atoms with Crippen LogP contribution in [0.5, 0.6) is 5.75 Å². The Kier molecular flexibility index (Phi) is 5.59. The van der Waals surface area contributed by atoms with Crippen LogP contribution in [0.3, 0.4) is 0 Å². The Bertz CT molecular complexity index is 1330. The molecule has 1 aliphatic heterocycles. The third-order valence-electron chi connectivity index (χ3n) is 5.02. The van der Waals surface area contributed by atoms with Crippen LogP contribution in [0.25, 0.3) is 5.69 Å². The maximum absolute atomic E-state index is 14.6. The number of halogens is 3. The summed E-state index contributed by atoms with van der Waals surface area (Å²) in [6.07, 6.45) is -1.11. The molecule has 1 aromatic heterocycles. The van der Waals surface area contributed by atoms with E-state index in [-0.39, 0.29) is 27.7 Å². The van der Waals surface area contributed by atoms with E-state index >= 15 is 0 Å². The monoisotopic (exact) mass is 464 g/mol. The van der Waals surface area contributed by atoms with Gasteiger partial charge < -0.3 is 14.8 Å². The van der Waals surface area contributed by atoms with Crippen LogP contribution in [-0.2, 0) is 4.79 Å². The Labute approximate surface area is 182 Å². The first-order chi connectivity index (χ1) is 15.2. The quantitative estimate of drug-likeness (QED) is 0.562. The summed E-state index contributed by atoms with van der Waals surface area (Å²) in [5.74, 6) is -5.02. The minimum Gasteiger partial charge on any atom is -0.486 e. The SMILES string of the molecule is CC(Oc1ccc(F)c(-n2c(=O)[nH]c3c(c2=O)C(C(=O)O)CS3)c1)c1c(F)cccc1F. The molecular formula is C21H15F3N2O5S. The van der Waals surface area contributed by atoms with Crippen molar-refractivity contribution in [3.8, 4) is 11.4 Å². The summed E-state index contributed by atoms with van der Waals surface area (Å²) in [5, 5.41) is 9.48. The first kappa shape index (κ1) is 21.8. The maximum Gasteiger partial charge on any atom is 0.333 e. The van der Waals surface area contributed by atoms with Crippen LogP contribution in [-0.4, -0.2) is 26.4 Å². The van der Waals surface area contributed by atoms with Crippen LogP contribution >= 0.6 is 11.8 Å². The molecule has 1 aliphatic rings. The topological polar surface area (TPSA) is 101 Å². The number of benzene rings is 2. The van der Waals surface area contributed by atoms with Crippen LogP contribution in [0.2, 0.25) is 0 Å². The summed E-state index contributed by atoms with van der Waals surface area (Å²) in [6.45, 7) is 1.38. The Balaban J connectivity index is 1.78. The van der Waals surface area contributed by atoms with Gasteiger partial charge in [0.2, 0.25) is 0 Å². The minimum atomic E-state index is -1.25. The highest BCUT2D eigenvalue weighted by molar-refractivity contribution is 7.99. The highest BCUT2D eigenvalue weighted by Crippen LogP contribution is 2.35. The molecule has 0 aliphatic carbocycles. The molecule has 166 valence electrons. The summed E-state index contributed by atoms with van der Waals surface area (Å²) >= 11 is 1.01. The first-order valence-electron chi connectivity index (χ1n) is 9.34. The number of rotatable bonds is 5. The molecule has 4 rings (SSSR count). The lowest BCUT2D eigenvalue weighted by Gasteiger charge is -2.17. The zero-order valence-corrected chi connectivity index (χ0v) is 17.2. The fraction of sp³-hybridized carbons (Fsp3) is 0.190.